The van der Waals surface area contributed by atoms with Gasteiger partial charge >= 0.3 is 0 Å². The van der Waals surface area contributed by atoms with E-state index in [4.69, 9.17) is 15.0 Å². The first-order valence-corrected chi connectivity index (χ1v) is 16.6. The molecule has 234 valence electrons. The molecular formula is C44H28N6. The minimum atomic E-state index is 0.577. The van der Waals surface area contributed by atoms with Crippen LogP contribution in [0.25, 0.3) is 89.2 Å². The third-order valence-electron chi connectivity index (χ3n) is 9.48. The Morgan fingerprint density at radius 3 is 1.68 bits per heavy atom. The van der Waals surface area contributed by atoms with Crippen LogP contribution in [0.5, 0.6) is 0 Å². The highest BCUT2D eigenvalue weighted by molar-refractivity contribution is 6.12. The fourth-order valence-electron chi connectivity index (χ4n) is 7.16. The van der Waals surface area contributed by atoms with E-state index in [2.05, 4.69) is 111 Å². The molecule has 4 heterocycles. The van der Waals surface area contributed by atoms with E-state index in [1.165, 1.54) is 0 Å². The topological polar surface area (TPSA) is 61.4 Å². The molecule has 10 aromatic rings. The molecule has 0 aliphatic rings. The van der Waals surface area contributed by atoms with Gasteiger partial charge in [0.1, 0.15) is 0 Å². The summed E-state index contributed by atoms with van der Waals surface area (Å²) in [6, 6.07) is 54.7. The minimum Gasteiger partial charge on any atom is -0.309 e. The van der Waals surface area contributed by atoms with Gasteiger partial charge in [0.2, 0.25) is 5.95 Å². The van der Waals surface area contributed by atoms with Crippen LogP contribution in [0.1, 0.15) is 0 Å². The van der Waals surface area contributed by atoms with E-state index in [1.807, 2.05) is 73.1 Å². The van der Waals surface area contributed by atoms with Gasteiger partial charge in [-0.15, -0.1) is 0 Å². The van der Waals surface area contributed by atoms with Crippen molar-refractivity contribution >= 4 is 43.6 Å². The Kier molecular flexibility index (Phi) is 6.39. The summed E-state index contributed by atoms with van der Waals surface area (Å²) in [5, 5.41) is 4.56. The average molecular weight is 641 g/mol. The van der Waals surface area contributed by atoms with Gasteiger partial charge in [0.25, 0.3) is 0 Å². The maximum absolute atomic E-state index is 5.11. The van der Waals surface area contributed by atoms with Crippen molar-refractivity contribution in [1.82, 2.24) is 29.1 Å². The molecule has 6 nitrogen and oxygen atoms in total. The number of rotatable bonds is 5. The molecule has 0 aliphatic heterocycles. The number of pyridine rings is 1. The molecule has 0 unspecified atom stereocenters. The second kappa shape index (κ2) is 11.4. The maximum Gasteiger partial charge on any atom is 0.238 e. The van der Waals surface area contributed by atoms with E-state index >= 15 is 0 Å². The number of nitrogens with zero attached hydrogens (tertiary/aromatic N) is 6. The van der Waals surface area contributed by atoms with Crippen molar-refractivity contribution in [2.75, 3.05) is 0 Å². The molecule has 0 fully saturated rings. The Hall–Kier alpha value is -6.92. The van der Waals surface area contributed by atoms with Gasteiger partial charge in [0.15, 0.2) is 11.6 Å². The van der Waals surface area contributed by atoms with Gasteiger partial charge in [0, 0.05) is 50.8 Å². The van der Waals surface area contributed by atoms with Crippen molar-refractivity contribution in [3.8, 4) is 45.5 Å². The van der Waals surface area contributed by atoms with Crippen LogP contribution in [-0.2, 0) is 0 Å². The first kappa shape index (κ1) is 28.1. The van der Waals surface area contributed by atoms with Crippen LogP contribution in [0, 0.1) is 0 Å². The molecular weight excluding hydrogens is 613 g/mol. The number of benzene rings is 6. The quantitative estimate of drug-likeness (QED) is 0.188. The highest BCUT2D eigenvalue weighted by atomic mass is 15.2. The second-order valence-electron chi connectivity index (χ2n) is 12.4. The van der Waals surface area contributed by atoms with Crippen molar-refractivity contribution in [3.63, 3.8) is 0 Å². The minimum absolute atomic E-state index is 0.577. The monoisotopic (exact) mass is 640 g/mol. The molecule has 0 amide bonds. The summed E-state index contributed by atoms with van der Waals surface area (Å²) in [4.78, 5) is 19.7. The number of hydrogen-bond acceptors (Lipinski definition) is 4. The molecule has 0 N–H and O–H groups in total. The molecule has 4 aromatic heterocycles. The van der Waals surface area contributed by atoms with E-state index in [0.717, 1.165) is 71.6 Å². The van der Waals surface area contributed by atoms with Gasteiger partial charge in [-0.25, -0.2) is 4.98 Å². The zero-order valence-electron chi connectivity index (χ0n) is 26.8. The van der Waals surface area contributed by atoms with Crippen LogP contribution in [0.3, 0.4) is 0 Å². The summed E-state index contributed by atoms with van der Waals surface area (Å²) < 4.78 is 4.49. The lowest BCUT2D eigenvalue weighted by atomic mass is 10.0. The van der Waals surface area contributed by atoms with Crippen LogP contribution in [-0.4, -0.2) is 29.1 Å². The number of hydrogen-bond donors (Lipinski definition) is 0. The predicted molar refractivity (Wildman–Crippen MR) is 203 cm³/mol. The lowest BCUT2D eigenvalue weighted by molar-refractivity contribution is 0.953. The third-order valence-corrected chi connectivity index (χ3v) is 9.48. The first-order valence-electron chi connectivity index (χ1n) is 16.6. The van der Waals surface area contributed by atoms with Gasteiger partial charge in [-0.05, 0) is 53.6 Å². The van der Waals surface area contributed by atoms with Crippen LogP contribution >= 0.6 is 0 Å². The molecule has 0 saturated carbocycles. The Labute approximate surface area is 287 Å². The van der Waals surface area contributed by atoms with Crippen molar-refractivity contribution in [2.24, 2.45) is 0 Å². The third kappa shape index (κ3) is 4.50. The lowest BCUT2D eigenvalue weighted by Crippen LogP contribution is -2.06. The average Bonchev–Trinajstić information content (AvgIpc) is 3.71. The van der Waals surface area contributed by atoms with Gasteiger partial charge in [-0.3, -0.25) is 9.55 Å². The summed E-state index contributed by atoms with van der Waals surface area (Å²) >= 11 is 0. The van der Waals surface area contributed by atoms with E-state index in [-0.39, 0.29) is 0 Å². The summed E-state index contributed by atoms with van der Waals surface area (Å²) in [6.07, 6.45) is 3.83. The van der Waals surface area contributed by atoms with Gasteiger partial charge in [-0.1, -0.05) is 115 Å². The lowest BCUT2D eigenvalue weighted by Gasteiger charge is -2.11. The molecule has 0 atom stereocenters. The largest absolute Gasteiger partial charge is 0.309 e. The van der Waals surface area contributed by atoms with Gasteiger partial charge in [0.05, 0.1) is 22.1 Å². The highest BCUT2D eigenvalue weighted by Gasteiger charge is 2.19. The molecule has 6 heteroatoms. The number of para-hydroxylation sites is 2. The molecule has 6 aromatic carbocycles. The molecule has 0 aliphatic carbocycles. The molecule has 10 rings (SSSR count). The zero-order valence-corrected chi connectivity index (χ0v) is 26.8. The first-order chi connectivity index (χ1) is 24.8. The number of aromatic nitrogens is 6. The number of fused-ring (bicyclic) bond motifs is 6. The molecule has 0 spiro atoms. The normalized spacial score (nSPS) is 11.6. The molecule has 0 radical (unpaired) electrons. The Balaban J connectivity index is 1.20. The van der Waals surface area contributed by atoms with Crippen LogP contribution < -0.4 is 0 Å². The van der Waals surface area contributed by atoms with Gasteiger partial charge in [-0.2, -0.15) is 9.97 Å². The van der Waals surface area contributed by atoms with Crippen molar-refractivity contribution in [3.05, 3.63) is 170 Å². The SMILES string of the molecule is c1ccc(-c2nc(-c3ccccc3)nc(-n3c4ccccc4c4ccc(-c5ccc6c(c5)c5cnccc5n6-c5ccccc5)cc43)n2)cc1. The highest BCUT2D eigenvalue weighted by Crippen LogP contribution is 2.38. The van der Waals surface area contributed by atoms with Crippen molar-refractivity contribution in [1.29, 1.82) is 0 Å². The fraction of sp³-hybridized carbons (Fsp3) is 0. The Morgan fingerprint density at radius 2 is 0.940 bits per heavy atom. The van der Waals surface area contributed by atoms with Crippen molar-refractivity contribution in [2.45, 2.75) is 0 Å². The predicted octanol–water partition coefficient (Wildman–Crippen LogP) is 10.5. The van der Waals surface area contributed by atoms with Crippen LogP contribution in [0.4, 0.5) is 0 Å². The summed E-state index contributed by atoms with van der Waals surface area (Å²) in [5.41, 5.74) is 9.57. The van der Waals surface area contributed by atoms with E-state index in [9.17, 15) is 0 Å². The standard InChI is InChI=1S/C44H28N6/c1-4-12-29(13-5-1)42-46-43(30-14-6-2-7-15-30)48-44(47-42)50-38-19-11-10-18-34(38)35-22-20-32(27-41(35)50)31-21-23-39-36(26-31)37-28-45-25-24-40(37)49(39)33-16-8-3-9-17-33/h1-28H. The molecule has 50 heavy (non-hydrogen) atoms. The van der Waals surface area contributed by atoms with E-state index < -0.39 is 0 Å². The van der Waals surface area contributed by atoms with Gasteiger partial charge < -0.3 is 4.57 Å². The van der Waals surface area contributed by atoms with Crippen molar-refractivity contribution < 1.29 is 0 Å². The summed E-state index contributed by atoms with van der Waals surface area (Å²) in [6.45, 7) is 0. The molecule has 0 bridgehead atoms. The maximum atomic E-state index is 5.11. The summed E-state index contributed by atoms with van der Waals surface area (Å²) in [7, 11) is 0. The fourth-order valence-corrected chi connectivity index (χ4v) is 7.16. The van der Waals surface area contributed by atoms with E-state index in [0.29, 0.717) is 17.6 Å². The van der Waals surface area contributed by atoms with Crippen LogP contribution in [0.15, 0.2) is 170 Å². The second-order valence-corrected chi connectivity index (χ2v) is 12.4. The molecule has 0 saturated heterocycles. The van der Waals surface area contributed by atoms with Crippen LogP contribution in [0.2, 0.25) is 0 Å². The zero-order chi connectivity index (χ0) is 33.0. The smallest absolute Gasteiger partial charge is 0.238 e. The Bertz CT molecular complexity index is 2800. The Morgan fingerprint density at radius 1 is 0.360 bits per heavy atom. The van der Waals surface area contributed by atoms with E-state index in [1.54, 1.807) is 0 Å². The summed E-state index contributed by atoms with van der Waals surface area (Å²) in [5.74, 6) is 1.84.